The van der Waals surface area contributed by atoms with Gasteiger partial charge in [-0.05, 0) is 48.4 Å². The van der Waals surface area contributed by atoms with E-state index in [9.17, 15) is 18.8 Å². The topological polar surface area (TPSA) is 92.4 Å². The predicted octanol–water partition coefficient (Wildman–Crippen LogP) is 3.83. The van der Waals surface area contributed by atoms with Crippen molar-refractivity contribution < 1.29 is 18.7 Å². The molecule has 180 valence electrons. The van der Waals surface area contributed by atoms with E-state index < -0.39 is 11.2 Å². The van der Waals surface area contributed by atoms with E-state index in [1.807, 2.05) is 0 Å². The fourth-order valence-corrected chi connectivity index (χ4v) is 3.87. The normalized spacial score (nSPS) is 10.9. The number of aromatic nitrogens is 3. The zero-order valence-corrected chi connectivity index (χ0v) is 19.5. The number of pyridine rings is 1. The van der Waals surface area contributed by atoms with Crippen LogP contribution in [-0.4, -0.2) is 27.2 Å². The molecule has 35 heavy (non-hydrogen) atoms. The van der Waals surface area contributed by atoms with Gasteiger partial charge in [0.25, 0.3) is 12.0 Å². The molecule has 2 aromatic carbocycles. The smallest absolute Gasteiger partial charge is 0.332 e. The number of carbonyl (C=O) groups excluding carboxylic acids is 1. The molecule has 2 aromatic heterocycles. The first-order chi connectivity index (χ1) is 16.9. The van der Waals surface area contributed by atoms with Crippen LogP contribution >= 0.6 is 11.6 Å². The highest BCUT2D eigenvalue weighted by Crippen LogP contribution is 2.31. The predicted molar refractivity (Wildman–Crippen MR) is 129 cm³/mol. The minimum absolute atomic E-state index is 0.0492. The van der Waals surface area contributed by atoms with Gasteiger partial charge in [0.15, 0.2) is 0 Å². The Balaban J connectivity index is 1.90. The van der Waals surface area contributed by atoms with E-state index in [-0.39, 0.29) is 42.8 Å². The Morgan fingerprint density at radius 2 is 1.80 bits per heavy atom. The van der Waals surface area contributed by atoms with Gasteiger partial charge in [-0.2, -0.15) is 0 Å². The average molecular weight is 498 g/mol. The van der Waals surface area contributed by atoms with Crippen molar-refractivity contribution in [2.75, 3.05) is 6.61 Å². The molecule has 0 bridgehead atoms. The lowest BCUT2D eigenvalue weighted by atomic mass is 10.0. The molecular formula is C25H21ClFN3O5. The summed E-state index contributed by atoms with van der Waals surface area (Å²) in [6.07, 6.45) is 1.96. The van der Waals surface area contributed by atoms with Gasteiger partial charge in [0, 0.05) is 30.6 Å². The van der Waals surface area contributed by atoms with Crippen molar-refractivity contribution in [3.8, 4) is 11.5 Å². The number of nitrogens with zero attached hydrogens (tertiary/aromatic N) is 3. The maximum absolute atomic E-state index is 13.5. The molecule has 0 aliphatic rings. The third-order valence-corrected chi connectivity index (χ3v) is 5.72. The molecule has 0 N–H and O–H groups in total. The van der Waals surface area contributed by atoms with E-state index in [2.05, 4.69) is 9.72 Å². The molecule has 0 saturated carbocycles. The van der Waals surface area contributed by atoms with Crippen molar-refractivity contribution in [1.29, 1.82) is 0 Å². The number of fused-ring (bicyclic) bond motifs is 1. The molecule has 4 aromatic rings. The van der Waals surface area contributed by atoms with Crippen molar-refractivity contribution in [2.24, 2.45) is 7.05 Å². The number of aryl methyl sites for hydroxylation is 1. The van der Waals surface area contributed by atoms with E-state index in [0.717, 1.165) is 10.1 Å². The summed E-state index contributed by atoms with van der Waals surface area (Å²) in [5, 5.41) is 0.746. The average Bonchev–Trinajstić information content (AvgIpc) is 2.85. The minimum atomic E-state index is -0.541. The zero-order chi connectivity index (χ0) is 24.9. The number of hydrogen-bond donors (Lipinski definition) is 0. The van der Waals surface area contributed by atoms with Gasteiger partial charge in [-0.25, -0.2) is 14.2 Å². The molecule has 0 spiro atoms. The molecule has 0 radical (unpaired) electrons. The summed E-state index contributed by atoms with van der Waals surface area (Å²) < 4.78 is 26.6. The molecule has 10 heteroatoms. The molecule has 2 heterocycles. The summed E-state index contributed by atoms with van der Waals surface area (Å²) in [6, 6.07) is 12.6. The van der Waals surface area contributed by atoms with Crippen LogP contribution in [0.2, 0.25) is 5.02 Å². The lowest BCUT2D eigenvalue weighted by molar-refractivity contribution is -0.128. The summed E-state index contributed by atoms with van der Waals surface area (Å²) in [5.74, 6) is 0.413. The van der Waals surface area contributed by atoms with Gasteiger partial charge in [0.05, 0.1) is 18.2 Å². The van der Waals surface area contributed by atoms with E-state index in [0.29, 0.717) is 28.6 Å². The standard InChI is InChI=1S/C25H21ClFN3O5/c1-29-23-22(24(32)30(25(29)33)11-2-12-34-15-31)20(13-16-3-7-18(27)8-4-16)21(14-28-23)35-19-9-5-17(26)6-10-19/h3-10,14-15H,2,11-13H2,1H3. The number of carbonyl (C=O) groups is 1. The maximum Gasteiger partial charge on any atom is 0.332 e. The number of hydrogen-bond acceptors (Lipinski definition) is 6. The molecule has 4 rings (SSSR count). The summed E-state index contributed by atoms with van der Waals surface area (Å²) in [5.41, 5.74) is 0.343. The first-order valence-corrected chi connectivity index (χ1v) is 11.1. The monoisotopic (exact) mass is 497 g/mol. The van der Waals surface area contributed by atoms with E-state index >= 15 is 0 Å². The maximum atomic E-state index is 13.5. The first-order valence-electron chi connectivity index (χ1n) is 10.7. The Kier molecular flexibility index (Phi) is 7.26. The first kappa shape index (κ1) is 24.2. The van der Waals surface area contributed by atoms with Gasteiger partial charge < -0.3 is 9.47 Å². The molecule has 8 nitrogen and oxygen atoms in total. The van der Waals surface area contributed by atoms with Crippen LogP contribution in [0.5, 0.6) is 11.5 Å². The zero-order valence-electron chi connectivity index (χ0n) is 18.7. The molecule has 0 fully saturated rings. The van der Waals surface area contributed by atoms with Crippen LogP contribution in [0.15, 0.2) is 64.3 Å². The van der Waals surface area contributed by atoms with E-state index in [1.54, 1.807) is 36.4 Å². The summed E-state index contributed by atoms with van der Waals surface area (Å²) in [6.45, 7) is 0.428. The highest BCUT2D eigenvalue weighted by atomic mass is 35.5. The van der Waals surface area contributed by atoms with Gasteiger partial charge in [-0.15, -0.1) is 0 Å². The minimum Gasteiger partial charge on any atom is -0.468 e. The Hall–Kier alpha value is -3.98. The largest absolute Gasteiger partial charge is 0.468 e. The number of ether oxygens (including phenoxy) is 2. The number of rotatable bonds is 9. The lowest BCUT2D eigenvalue weighted by Crippen LogP contribution is -2.40. The van der Waals surface area contributed by atoms with Gasteiger partial charge >= 0.3 is 5.69 Å². The molecular weight excluding hydrogens is 477 g/mol. The van der Waals surface area contributed by atoms with Crippen molar-refractivity contribution in [2.45, 2.75) is 19.4 Å². The van der Waals surface area contributed by atoms with Crippen molar-refractivity contribution in [3.05, 3.63) is 97.5 Å². The molecule has 0 amide bonds. The molecule has 0 unspecified atom stereocenters. The SMILES string of the molecule is Cn1c(=O)n(CCCOC=O)c(=O)c2c(Cc3ccc(F)cc3)c(Oc3ccc(Cl)cc3)cnc21. The van der Waals surface area contributed by atoms with Crippen molar-refractivity contribution in [3.63, 3.8) is 0 Å². The Bertz CT molecular complexity index is 1480. The second-order valence-corrected chi connectivity index (χ2v) is 8.21. The van der Waals surface area contributed by atoms with Crippen LogP contribution in [0.3, 0.4) is 0 Å². The second kappa shape index (κ2) is 10.5. The van der Waals surface area contributed by atoms with Gasteiger partial charge in [0.1, 0.15) is 23.0 Å². The third-order valence-electron chi connectivity index (χ3n) is 5.47. The van der Waals surface area contributed by atoms with Crippen LogP contribution in [-0.2, 0) is 29.5 Å². The van der Waals surface area contributed by atoms with Crippen LogP contribution in [0.1, 0.15) is 17.5 Å². The third kappa shape index (κ3) is 5.25. The highest BCUT2D eigenvalue weighted by molar-refractivity contribution is 6.30. The van der Waals surface area contributed by atoms with Gasteiger partial charge in [0.2, 0.25) is 0 Å². The van der Waals surface area contributed by atoms with E-state index in [1.165, 1.54) is 29.9 Å². The highest BCUT2D eigenvalue weighted by Gasteiger charge is 2.20. The number of benzene rings is 2. The summed E-state index contributed by atoms with van der Waals surface area (Å²) >= 11 is 5.97. The Morgan fingerprint density at radius 1 is 1.09 bits per heavy atom. The Labute approximate surface area is 204 Å². The second-order valence-electron chi connectivity index (χ2n) is 7.78. The Morgan fingerprint density at radius 3 is 2.49 bits per heavy atom. The van der Waals surface area contributed by atoms with Gasteiger partial charge in [-0.1, -0.05) is 23.7 Å². The summed E-state index contributed by atoms with van der Waals surface area (Å²) in [4.78, 5) is 41.2. The molecule has 0 saturated heterocycles. The van der Waals surface area contributed by atoms with Crippen LogP contribution in [0, 0.1) is 5.82 Å². The molecule has 0 atom stereocenters. The van der Waals surface area contributed by atoms with Crippen LogP contribution in [0.25, 0.3) is 11.0 Å². The van der Waals surface area contributed by atoms with Crippen LogP contribution < -0.4 is 16.0 Å². The van der Waals surface area contributed by atoms with Crippen LogP contribution in [0.4, 0.5) is 4.39 Å². The molecule has 0 aliphatic carbocycles. The van der Waals surface area contributed by atoms with Crippen molar-refractivity contribution in [1.82, 2.24) is 14.1 Å². The fourth-order valence-electron chi connectivity index (χ4n) is 3.74. The fraction of sp³-hybridized carbons (Fsp3) is 0.200. The summed E-state index contributed by atoms with van der Waals surface area (Å²) in [7, 11) is 1.52. The quantitative estimate of drug-likeness (QED) is 0.258. The van der Waals surface area contributed by atoms with E-state index in [4.69, 9.17) is 16.3 Å². The molecule has 0 aliphatic heterocycles. The van der Waals surface area contributed by atoms with Crippen molar-refractivity contribution >= 4 is 29.1 Å². The van der Waals surface area contributed by atoms with Gasteiger partial charge in [-0.3, -0.25) is 18.7 Å². The number of halogens is 2. The lowest BCUT2D eigenvalue weighted by Gasteiger charge is -2.16.